The highest BCUT2D eigenvalue weighted by molar-refractivity contribution is 6.33. The van der Waals surface area contributed by atoms with Crippen molar-refractivity contribution in [3.63, 3.8) is 0 Å². The van der Waals surface area contributed by atoms with Crippen LogP contribution in [0.15, 0.2) is 18.2 Å². The van der Waals surface area contributed by atoms with Gasteiger partial charge in [-0.25, -0.2) is 4.79 Å². The minimum absolute atomic E-state index is 0.0745. The van der Waals surface area contributed by atoms with Crippen molar-refractivity contribution in [2.45, 2.75) is 6.10 Å². The van der Waals surface area contributed by atoms with Crippen LogP contribution >= 0.6 is 11.6 Å². The predicted octanol–water partition coefficient (Wildman–Crippen LogP) is 1.77. The molecule has 1 saturated heterocycles. The minimum Gasteiger partial charge on any atom is -0.478 e. The van der Waals surface area contributed by atoms with Gasteiger partial charge in [-0.1, -0.05) is 11.6 Å². The summed E-state index contributed by atoms with van der Waals surface area (Å²) in [5.74, 6) is -1.05. The van der Waals surface area contributed by atoms with E-state index in [4.69, 9.17) is 26.7 Å². The van der Waals surface area contributed by atoms with Crippen molar-refractivity contribution in [2.24, 2.45) is 0 Å². The average molecular weight is 267 g/mol. The lowest BCUT2D eigenvalue weighted by molar-refractivity contribution is 0.0696. The molecule has 18 heavy (non-hydrogen) atoms. The van der Waals surface area contributed by atoms with Crippen molar-refractivity contribution in [2.75, 3.05) is 24.6 Å². The maximum absolute atomic E-state index is 10.8. The molecule has 1 N–H and O–H groups in total. The fraction of sp³-hybridized carbons (Fsp3) is 0.333. The van der Waals surface area contributed by atoms with Crippen LogP contribution in [0.1, 0.15) is 10.4 Å². The van der Waals surface area contributed by atoms with E-state index in [1.165, 1.54) is 6.07 Å². The lowest BCUT2D eigenvalue weighted by atomic mass is 10.1. The molecule has 0 saturated carbocycles. The molecule has 1 unspecified atom stereocenters. The second kappa shape index (κ2) is 5.25. The molecule has 0 aliphatic carbocycles. The zero-order valence-electron chi connectivity index (χ0n) is 9.47. The molecular weight excluding hydrogens is 256 g/mol. The van der Waals surface area contributed by atoms with Gasteiger partial charge in [0.05, 0.1) is 29.8 Å². The molecule has 1 aromatic rings. The number of halogens is 1. The Balaban J connectivity index is 2.21. The van der Waals surface area contributed by atoms with Crippen LogP contribution in [0.4, 0.5) is 5.69 Å². The Kier molecular flexibility index (Phi) is 3.70. The number of hydrogen-bond donors (Lipinski definition) is 1. The van der Waals surface area contributed by atoms with Crippen molar-refractivity contribution in [3.05, 3.63) is 28.8 Å². The Morgan fingerprint density at radius 3 is 3.00 bits per heavy atom. The molecule has 1 aromatic carbocycles. The number of ether oxygens (including phenoxy) is 1. The first kappa shape index (κ1) is 12.7. The van der Waals surface area contributed by atoms with Gasteiger partial charge in [0.15, 0.2) is 6.10 Å². The number of carboxylic acids is 1. The van der Waals surface area contributed by atoms with E-state index >= 15 is 0 Å². The van der Waals surface area contributed by atoms with E-state index in [1.807, 2.05) is 4.90 Å². The zero-order chi connectivity index (χ0) is 13.1. The molecule has 1 atom stereocenters. The molecule has 0 aromatic heterocycles. The van der Waals surface area contributed by atoms with Crippen molar-refractivity contribution in [3.8, 4) is 6.07 Å². The zero-order valence-corrected chi connectivity index (χ0v) is 10.2. The molecule has 1 heterocycles. The molecular formula is C12H11ClN2O3. The van der Waals surface area contributed by atoms with Crippen molar-refractivity contribution < 1.29 is 14.6 Å². The Labute approximate surface area is 109 Å². The number of aromatic carboxylic acids is 1. The molecule has 2 rings (SSSR count). The number of benzene rings is 1. The predicted molar refractivity (Wildman–Crippen MR) is 66.0 cm³/mol. The molecule has 5 nitrogen and oxygen atoms in total. The molecule has 94 valence electrons. The molecule has 0 amide bonds. The molecule has 6 heteroatoms. The maximum atomic E-state index is 10.8. The van der Waals surface area contributed by atoms with Gasteiger partial charge in [-0.3, -0.25) is 0 Å². The van der Waals surface area contributed by atoms with Crippen LogP contribution in [0.3, 0.4) is 0 Å². The molecule has 1 fully saturated rings. The van der Waals surface area contributed by atoms with E-state index in [0.29, 0.717) is 19.7 Å². The second-order valence-electron chi connectivity index (χ2n) is 3.90. The van der Waals surface area contributed by atoms with E-state index < -0.39 is 12.1 Å². The first-order chi connectivity index (χ1) is 8.61. The Morgan fingerprint density at radius 1 is 1.61 bits per heavy atom. The maximum Gasteiger partial charge on any atom is 0.337 e. The number of morpholine rings is 1. The fourth-order valence-corrected chi connectivity index (χ4v) is 2.09. The summed E-state index contributed by atoms with van der Waals surface area (Å²) in [6.07, 6.45) is -0.461. The van der Waals surface area contributed by atoms with Gasteiger partial charge < -0.3 is 14.7 Å². The normalized spacial score (nSPS) is 19.3. The number of nitriles is 1. The third-order valence-corrected chi connectivity index (χ3v) is 3.07. The van der Waals surface area contributed by atoms with E-state index in [1.54, 1.807) is 12.1 Å². The van der Waals surface area contributed by atoms with Crippen molar-refractivity contribution >= 4 is 23.3 Å². The summed E-state index contributed by atoms with van der Waals surface area (Å²) in [6.45, 7) is 1.58. The average Bonchev–Trinajstić information content (AvgIpc) is 2.38. The largest absolute Gasteiger partial charge is 0.478 e. The topological polar surface area (TPSA) is 73.6 Å². The lowest BCUT2D eigenvalue weighted by Crippen LogP contribution is -2.41. The van der Waals surface area contributed by atoms with Crippen LogP contribution in [0.5, 0.6) is 0 Å². The number of hydrogen-bond acceptors (Lipinski definition) is 4. The standard InChI is InChI=1S/C12H11ClN2O3/c13-11-5-8(1-2-10(11)12(16)17)15-3-4-18-9(6-14)7-15/h1-2,5,9H,3-4,7H2,(H,16,17). The number of anilines is 1. The summed E-state index contributed by atoms with van der Waals surface area (Å²) in [5.41, 5.74) is 0.874. The molecule has 0 radical (unpaired) electrons. The third kappa shape index (κ3) is 2.55. The monoisotopic (exact) mass is 266 g/mol. The van der Waals surface area contributed by atoms with Gasteiger partial charge in [-0.2, -0.15) is 5.26 Å². The fourth-order valence-electron chi connectivity index (χ4n) is 1.84. The van der Waals surface area contributed by atoms with Crippen LogP contribution in [0, 0.1) is 11.3 Å². The minimum atomic E-state index is -1.05. The SMILES string of the molecule is N#CC1CN(c2ccc(C(=O)O)c(Cl)c2)CCO1. The van der Waals surface area contributed by atoms with E-state index in [2.05, 4.69) is 6.07 Å². The van der Waals surface area contributed by atoms with Gasteiger partial charge in [-0.05, 0) is 18.2 Å². The van der Waals surface area contributed by atoms with Gasteiger partial charge in [0, 0.05) is 12.2 Å². The highest BCUT2D eigenvalue weighted by atomic mass is 35.5. The van der Waals surface area contributed by atoms with Gasteiger partial charge in [0.25, 0.3) is 0 Å². The Bertz CT molecular complexity index is 513. The Morgan fingerprint density at radius 2 is 2.39 bits per heavy atom. The highest BCUT2D eigenvalue weighted by Gasteiger charge is 2.21. The lowest BCUT2D eigenvalue weighted by Gasteiger charge is -2.31. The van der Waals surface area contributed by atoms with Crippen LogP contribution in [-0.4, -0.2) is 36.9 Å². The summed E-state index contributed by atoms with van der Waals surface area (Å²) in [5, 5.41) is 17.9. The number of nitrogens with zero attached hydrogens (tertiary/aromatic N) is 2. The quantitative estimate of drug-likeness (QED) is 0.883. The first-order valence-electron chi connectivity index (χ1n) is 5.41. The Hall–Kier alpha value is -1.77. The smallest absolute Gasteiger partial charge is 0.337 e. The van der Waals surface area contributed by atoms with Crippen molar-refractivity contribution in [1.82, 2.24) is 0 Å². The first-order valence-corrected chi connectivity index (χ1v) is 5.78. The van der Waals surface area contributed by atoms with Gasteiger partial charge in [-0.15, -0.1) is 0 Å². The van der Waals surface area contributed by atoms with Gasteiger partial charge in [0.2, 0.25) is 0 Å². The van der Waals surface area contributed by atoms with Crippen LogP contribution in [0.25, 0.3) is 0 Å². The van der Waals surface area contributed by atoms with Crippen LogP contribution < -0.4 is 4.90 Å². The summed E-state index contributed by atoms with van der Waals surface area (Å²) in [4.78, 5) is 12.8. The van der Waals surface area contributed by atoms with Crippen LogP contribution in [0.2, 0.25) is 5.02 Å². The summed E-state index contributed by atoms with van der Waals surface area (Å²) >= 11 is 5.91. The van der Waals surface area contributed by atoms with E-state index in [-0.39, 0.29) is 10.6 Å². The summed E-state index contributed by atoms with van der Waals surface area (Å²) in [6, 6.07) is 6.82. The van der Waals surface area contributed by atoms with Gasteiger partial charge >= 0.3 is 5.97 Å². The molecule has 0 bridgehead atoms. The number of carboxylic acid groups (broad SMARTS) is 1. The van der Waals surface area contributed by atoms with Crippen LogP contribution in [-0.2, 0) is 4.74 Å². The summed E-state index contributed by atoms with van der Waals surface area (Å²) in [7, 11) is 0. The van der Waals surface area contributed by atoms with E-state index in [9.17, 15) is 4.79 Å². The molecule has 0 spiro atoms. The molecule has 1 aliphatic heterocycles. The summed E-state index contributed by atoms with van der Waals surface area (Å²) < 4.78 is 5.24. The third-order valence-electron chi connectivity index (χ3n) is 2.76. The second-order valence-corrected chi connectivity index (χ2v) is 4.31. The number of carbonyl (C=O) groups is 1. The van der Waals surface area contributed by atoms with Crippen molar-refractivity contribution in [1.29, 1.82) is 5.26 Å². The highest BCUT2D eigenvalue weighted by Crippen LogP contribution is 2.25. The molecule has 1 aliphatic rings. The number of rotatable bonds is 2. The van der Waals surface area contributed by atoms with E-state index in [0.717, 1.165) is 5.69 Å². The van der Waals surface area contributed by atoms with Gasteiger partial charge in [0.1, 0.15) is 0 Å².